The van der Waals surface area contributed by atoms with Crippen molar-refractivity contribution in [1.29, 1.82) is 0 Å². The highest BCUT2D eigenvalue weighted by Crippen LogP contribution is 2.37. The summed E-state index contributed by atoms with van der Waals surface area (Å²) in [6.07, 6.45) is 0. The van der Waals surface area contributed by atoms with E-state index in [0.717, 1.165) is 17.1 Å². The van der Waals surface area contributed by atoms with Gasteiger partial charge in [-0.1, -0.05) is 23.9 Å². The number of aryl methyl sites for hydroxylation is 1. The summed E-state index contributed by atoms with van der Waals surface area (Å²) in [7, 11) is 1.61. The van der Waals surface area contributed by atoms with Gasteiger partial charge in [0.05, 0.1) is 19.3 Å². The number of hydrogen-bond donors (Lipinski definition) is 2. The molecule has 0 saturated heterocycles. The van der Waals surface area contributed by atoms with Gasteiger partial charge in [-0.15, -0.1) is 10.2 Å². The third-order valence-electron chi connectivity index (χ3n) is 4.01. The van der Waals surface area contributed by atoms with Crippen molar-refractivity contribution in [1.82, 2.24) is 20.2 Å². The fourth-order valence-corrected chi connectivity index (χ4v) is 3.88. The molecule has 2 atom stereocenters. The zero-order valence-corrected chi connectivity index (χ0v) is 15.9. The number of amides is 1. The lowest BCUT2D eigenvalue weighted by molar-refractivity contribution is -0.121. The van der Waals surface area contributed by atoms with Gasteiger partial charge in [0.15, 0.2) is 0 Å². The molecule has 140 valence electrons. The summed E-state index contributed by atoms with van der Waals surface area (Å²) >= 11 is 1.40. The Hall–Kier alpha value is -2.26. The van der Waals surface area contributed by atoms with E-state index in [-0.39, 0.29) is 17.2 Å². The summed E-state index contributed by atoms with van der Waals surface area (Å²) in [4.78, 5) is 12.7. The van der Waals surface area contributed by atoms with Crippen LogP contribution in [-0.2, 0) is 9.53 Å². The van der Waals surface area contributed by atoms with Crippen molar-refractivity contribution in [2.75, 3.05) is 32.3 Å². The fraction of sp³-hybridized carbons (Fsp3) is 0.471. The van der Waals surface area contributed by atoms with Crippen LogP contribution in [0.25, 0.3) is 0 Å². The number of nitrogens with one attached hydrogen (secondary N) is 2. The summed E-state index contributed by atoms with van der Waals surface area (Å²) in [5.74, 6) is 1.49. The summed E-state index contributed by atoms with van der Waals surface area (Å²) in [5.41, 5.74) is 4.36. The molecule has 0 bridgehead atoms. The van der Waals surface area contributed by atoms with Crippen LogP contribution in [0.4, 0.5) is 0 Å². The Bertz CT molecular complexity index is 749. The van der Waals surface area contributed by atoms with Crippen LogP contribution in [0, 0.1) is 6.92 Å². The van der Waals surface area contributed by atoms with Crippen LogP contribution in [-0.4, -0.2) is 52.9 Å². The zero-order valence-electron chi connectivity index (χ0n) is 15.1. The van der Waals surface area contributed by atoms with E-state index in [1.807, 2.05) is 42.8 Å². The lowest BCUT2D eigenvalue weighted by atomic mass is 10.0. The number of carbonyl (C=O) groups is 1. The van der Waals surface area contributed by atoms with Gasteiger partial charge in [-0.3, -0.25) is 4.79 Å². The number of benzene rings is 1. The van der Waals surface area contributed by atoms with E-state index in [1.54, 1.807) is 7.11 Å². The van der Waals surface area contributed by atoms with Crippen molar-refractivity contribution in [2.45, 2.75) is 30.3 Å². The van der Waals surface area contributed by atoms with Crippen LogP contribution in [0.5, 0.6) is 5.75 Å². The monoisotopic (exact) mass is 377 g/mol. The molecule has 1 aromatic heterocycles. The maximum absolute atomic E-state index is 12.7. The maximum atomic E-state index is 12.7. The molecule has 2 N–H and O–H groups in total. The fourth-order valence-electron chi connectivity index (χ4n) is 2.73. The molecule has 0 saturated carbocycles. The number of methoxy groups -OCH3 is 1. The minimum atomic E-state index is -0.374. The molecule has 0 spiro atoms. The van der Waals surface area contributed by atoms with Crippen molar-refractivity contribution < 1.29 is 14.3 Å². The molecule has 0 unspecified atom stereocenters. The molecule has 9 heteroatoms. The summed E-state index contributed by atoms with van der Waals surface area (Å²) in [5, 5.41) is 11.5. The van der Waals surface area contributed by atoms with Gasteiger partial charge in [0.2, 0.25) is 11.1 Å². The molecular weight excluding hydrogens is 354 g/mol. The summed E-state index contributed by atoms with van der Waals surface area (Å²) in [6, 6.07) is 7.56. The molecular formula is C17H23N5O3S. The number of nitrogens with zero attached hydrogens (tertiary/aromatic N) is 3. The lowest BCUT2D eigenvalue weighted by Gasteiger charge is -2.32. The number of hydrogen-bond acceptors (Lipinski definition) is 7. The number of ether oxygens (including phenoxy) is 2. The van der Waals surface area contributed by atoms with Crippen molar-refractivity contribution in [3.63, 3.8) is 0 Å². The van der Waals surface area contributed by atoms with E-state index in [2.05, 4.69) is 20.9 Å². The number of rotatable bonds is 7. The van der Waals surface area contributed by atoms with Crippen LogP contribution in [0.3, 0.4) is 0 Å². The number of fused-ring (bicyclic) bond motifs is 1. The molecule has 1 aromatic carbocycles. The molecule has 1 amide bonds. The SMILES string of the molecule is CCOc1ccc([C@@H]2Nn3c(C)nnc3S[C@@H]2C(=O)NCCOC)cc1. The van der Waals surface area contributed by atoms with Gasteiger partial charge in [-0.25, -0.2) is 4.68 Å². The van der Waals surface area contributed by atoms with Crippen molar-refractivity contribution in [3.8, 4) is 5.75 Å². The second-order valence-corrected chi connectivity index (χ2v) is 6.91. The van der Waals surface area contributed by atoms with Gasteiger partial charge in [-0.05, 0) is 31.5 Å². The number of thioether (sulfide) groups is 1. The Labute approximate surface area is 156 Å². The Kier molecular flexibility index (Phi) is 6.00. The summed E-state index contributed by atoms with van der Waals surface area (Å²) < 4.78 is 12.3. The maximum Gasteiger partial charge on any atom is 0.236 e. The average Bonchev–Trinajstić information content (AvgIpc) is 3.02. The number of aromatic nitrogens is 3. The molecule has 1 aliphatic rings. The van der Waals surface area contributed by atoms with Gasteiger partial charge in [-0.2, -0.15) is 0 Å². The van der Waals surface area contributed by atoms with E-state index in [0.29, 0.717) is 24.9 Å². The first-order valence-corrected chi connectivity index (χ1v) is 9.36. The van der Waals surface area contributed by atoms with Crippen LogP contribution >= 0.6 is 11.8 Å². The van der Waals surface area contributed by atoms with Gasteiger partial charge in [0.1, 0.15) is 16.8 Å². The first-order valence-electron chi connectivity index (χ1n) is 8.48. The Balaban J connectivity index is 1.85. The van der Waals surface area contributed by atoms with Gasteiger partial charge in [0.25, 0.3) is 0 Å². The average molecular weight is 377 g/mol. The highest BCUT2D eigenvalue weighted by Gasteiger charge is 2.37. The smallest absolute Gasteiger partial charge is 0.236 e. The minimum Gasteiger partial charge on any atom is -0.494 e. The Morgan fingerprint density at radius 2 is 2.12 bits per heavy atom. The van der Waals surface area contributed by atoms with Crippen molar-refractivity contribution >= 4 is 17.7 Å². The molecule has 2 heterocycles. The first kappa shape index (κ1) is 18.5. The van der Waals surface area contributed by atoms with E-state index in [4.69, 9.17) is 9.47 Å². The molecule has 1 aliphatic heterocycles. The Morgan fingerprint density at radius 1 is 1.35 bits per heavy atom. The highest BCUT2D eigenvalue weighted by molar-refractivity contribution is 8.00. The minimum absolute atomic E-state index is 0.0645. The molecule has 26 heavy (non-hydrogen) atoms. The Morgan fingerprint density at radius 3 is 2.81 bits per heavy atom. The predicted octanol–water partition coefficient (Wildman–Crippen LogP) is 1.51. The second kappa shape index (κ2) is 8.41. The van der Waals surface area contributed by atoms with Crippen molar-refractivity contribution in [2.24, 2.45) is 0 Å². The highest BCUT2D eigenvalue weighted by atomic mass is 32.2. The van der Waals surface area contributed by atoms with Crippen LogP contribution < -0.4 is 15.5 Å². The lowest BCUT2D eigenvalue weighted by Crippen LogP contribution is -2.44. The molecule has 0 aliphatic carbocycles. The van der Waals surface area contributed by atoms with E-state index in [9.17, 15) is 4.79 Å². The van der Waals surface area contributed by atoms with E-state index < -0.39 is 0 Å². The third-order valence-corrected chi connectivity index (χ3v) is 5.23. The summed E-state index contributed by atoms with van der Waals surface area (Å²) in [6.45, 7) is 5.38. The zero-order chi connectivity index (χ0) is 18.5. The van der Waals surface area contributed by atoms with Gasteiger partial charge < -0.3 is 20.2 Å². The van der Waals surface area contributed by atoms with Gasteiger partial charge >= 0.3 is 0 Å². The van der Waals surface area contributed by atoms with E-state index >= 15 is 0 Å². The van der Waals surface area contributed by atoms with Crippen LogP contribution in [0.1, 0.15) is 24.4 Å². The third kappa shape index (κ3) is 3.94. The quantitative estimate of drug-likeness (QED) is 0.707. The molecule has 2 aromatic rings. The van der Waals surface area contributed by atoms with Gasteiger partial charge in [0, 0.05) is 13.7 Å². The standard InChI is InChI=1S/C17H23N5O3S/c1-4-25-13-7-5-12(6-8-13)14-15(16(23)18-9-10-24-3)26-17-20-19-11(2)22(17)21-14/h5-8,14-15,21H,4,9-10H2,1-3H3,(H,18,23)/t14-,15-/m0/s1. The van der Waals surface area contributed by atoms with Crippen LogP contribution in [0.15, 0.2) is 29.4 Å². The largest absolute Gasteiger partial charge is 0.494 e. The van der Waals surface area contributed by atoms with Crippen LogP contribution in [0.2, 0.25) is 0 Å². The molecule has 3 rings (SSSR count). The van der Waals surface area contributed by atoms with E-state index in [1.165, 1.54) is 11.8 Å². The molecule has 8 nitrogen and oxygen atoms in total. The first-order chi connectivity index (χ1) is 12.6. The number of carbonyl (C=O) groups excluding carboxylic acids is 1. The topological polar surface area (TPSA) is 90.3 Å². The van der Waals surface area contributed by atoms with Crippen molar-refractivity contribution in [3.05, 3.63) is 35.7 Å². The normalized spacial score (nSPS) is 18.7. The molecule has 0 fully saturated rings. The predicted molar refractivity (Wildman–Crippen MR) is 99.0 cm³/mol. The molecule has 0 radical (unpaired) electrons. The second-order valence-electron chi connectivity index (χ2n) is 5.80.